The van der Waals surface area contributed by atoms with Gasteiger partial charge in [-0.25, -0.2) is 13.1 Å². The number of hydrogen-bond acceptors (Lipinski definition) is 5. The quantitative estimate of drug-likeness (QED) is 0.594. The summed E-state index contributed by atoms with van der Waals surface area (Å²) in [5, 5.41) is 8.64. The number of carbonyl (C=O) groups excluding carboxylic acids is 1. The van der Waals surface area contributed by atoms with Gasteiger partial charge in [0.1, 0.15) is 0 Å². The Morgan fingerprint density at radius 2 is 1.90 bits per heavy atom. The predicted octanol–water partition coefficient (Wildman–Crippen LogP) is -0.446. The lowest BCUT2D eigenvalue weighted by molar-refractivity contribution is -0.139. The van der Waals surface area contributed by atoms with Gasteiger partial charge in [0.25, 0.3) is 0 Å². The number of carbonyl (C=O) groups is 2. The molecule has 0 aliphatic rings. The molecule has 0 saturated heterocycles. The second-order valence-electron chi connectivity index (χ2n) is 4.20. The van der Waals surface area contributed by atoms with E-state index in [1.165, 1.54) is 31.4 Å². The molecule has 116 valence electrons. The van der Waals surface area contributed by atoms with E-state index in [1.807, 2.05) is 0 Å². The number of ether oxygens (including phenoxy) is 1. The van der Waals surface area contributed by atoms with Crippen molar-refractivity contribution < 1.29 is 27.9 Å². The molecular weight excluding hydrogens is 300 g/mol. The molecule has 0 heterocycles. The number of primary amides is 1. The average Bonchev–Trinajstić information content (AvgIpc) is 2.43. The molecule has 0 bridgehead atoms. The highest BCUT2D eigenvalue weighted by Gasteiger charge is 2.18. The summed E-state index contributed by atoms with van der Waals surface area (Å²) >= 11 is 0. The molecule has 1 unspecified atom stereocenters. The van der Waals surface area contributed by atoms with Gasteiger partial charge in [0.05, 0.1) is 17.4 Å². The lowest BCUT2D eigenvalue weighted by Gasteiger charge is -2.14. The Labute approximate surface area is 122 Å². The van der Waals surface area contributed by atoms with Gasteiger partial charge in [-0.1, -0.05) is 0 Å². The normalized spacial score (nSPS) is 12.8. The molecular formula is C12H16N2O6S. The van der Waals surface area contributed by atoms with Crippen LogP contribution in [0.4, 0.5) is 0 Å². The average molecular weight is 316 g/mol. The van der Waals surface area contributed by atoms with Crippen molar-refractivity contribution >= 4 is 21.9 Å². The molecule has 0 radical (unpaired) electrons. The summed E-state index contributed by atoms with van der Waals surface area (Å²) in [7, 11) is -2.52. The van der Waals surface area contributed by atoms with Crippen LogP contribution in [0.3, 0.4) is 0 Å². The molecule has 1 aromatic carbocycles. The second-order valence-corrected chi connectivity index (χ2v) is 5.96. The van der Waals surface area contributed by atoms with Crippen LogP contribution in [0, 0.1) is 0 Å². The molecule has 21 heavy (non-hydrogen) atoms. The SMILES string of the molecule is COC(CNS(=O)(=O)c1ccc(C(N)=O)cc1)CC(=O)O. The maximum atomic E-state index is 12.0. The molecule has 0 saturated carbocycles. The van der Waals surface area contributed by atoms with Crippen LogP contribution in [0.1, 0.15) is 16.8 Å². The highest BCUT2D eigenvalue weighted by atomic mass is 32.2. The number of carboxylic acids is 1. The summed E-state index contributed by atoms with van der Waals surface area (Å²) in [6.45, 7) is -0.178. The van der Waals surface area contributed by atoms with Crippen LogP contribution in [0.15, 0.2) is 29.2 Å². The van der Waals surface area contributed by atoms with Gasteiger partial charge in [-0.2, -0.15) is 0 Å². The maximum absolute atomic E-state index is 12.0. The molecule has 1 amide bonds. The number of carboxylic acid groups (broad SMARTS) is 1. The highest BCUT2D eigenvalue weighted by Crippen LogP contribution is 2.10. The second kappa shape index (κ2) is 7.16. The van der Waals surface area contributed by atoms with Crippen LogP contribution in [0.25, 0.3) is 0 Å². The maximum Gasteiger partial charge on any atom is 0.306 e. The van der Waals surface area contributed by atoms with E-state index in [2.05, 4.69) is 4.72 Å². The number of methoxy groups -OCH3 is 1. The van der Waals surface area contributed by atoms with E-state index in [4.69, 9.17) is 15.6 Å². The monoisotopic (exact) mass is 316 g/mol. The van der Waals surface area contributed by atoms with E-state index in [-0.39, 0.29) is 23.4 Å². The first-order chi connectivity index (χ1) is 9.76. The molecule has 1 rings (SSSR count). The number of nitrogens with one attached hydrogen (secondary N) is 1. The van der Waals surface area contributed by atoms with Crippen LogP contribution in [-0.2, 0) is 19.6 Å². The minimum absolute atomic E-state index is 0.0577. The number of benzene rings is 1. The third kappa shape index (κ3) is 5.14. The number of sulfonamides is 1. The fourth-order valence-electron chi connectivity index (χ4n) is 1.52. The largest absolute Gasteiger partial charge is 0.481 e. The Bertz CT molecular complexity index is 611. The minimum atomic E-state index is -3.82. The van der Waals surface area contributed by atoms with E-state index in [0.29, 0.717) is 0 Å². The van der Waals surface area contributed by atoms with Crippen molar-refractivity contribution in [3.8, 4) is 0 Å². The van der Waals surface area contributed by atoms with Gasteiger partial charge in [-0.05, 0) is 24.3 Å². The minimum Gasteiger partial charge on any atom is -0.481 e. The molecule has 0 fully saturated rings. The summed E-state index contributed by atoms with van der Waals surface area (Å²) in [4.78, 5) is 21.4. The molecule has 0 aliphatic carbocycles. The van der Waals surface area contributed by atoms with E-state index in [9.17, 15) is 18.0 Å². The fourth-order valence-corrected chi connectivity index (χ4v) is 2.58. The zero-order valence-corrected chi connectivity index (χ0v) is 12.1. The molecule has 1 atom stereocenters. The molecule has 0 aromatic heterocycles. The lowest BCUT2D eigenvalue weighted by Crippen LogP contribution is -2.34. The Balaban J connectivity index is 2.76. The van der Waals surface area contributed by atoms with Crippen molar-refractivity contribution in [1.29, 1.82) is 0 Å². The zero-order valence-electron chi connectivity index (χ0n) is 11.3. The van der Waals surface area contributed by atoms with Crippen molar-refractivity contribution in [2.45, 2.75) is 17.4 Å². The van der Waals surface area contributed by atoms with Gasteiger partial charge in [0, 0.05) is 19.2 Å². The Morgan fingerprint density at radius 1 is 1.33 bits per heavy atom. The van der Waals surface area contributed by atoms with Crippen molar-refractivity contribution in [2.75, 3.05) is 13.7 Å². The summed E-state index contributed by atoms with van der Waals surface area (Å²) in [6.07, 6.45) is -1.10. The molecule has 1 aromatic rings. The predicted molar refractivity (Wildman–Crippen MR) is 73.2 cm³/mol. The molecule has 4 N–H and O–H groups in total. The topological polar surface area (TPSA) is 136 Å². The highest BCUT2D eigenvalue weighted by molar-refractivity contribution is 7.89. The first-order valence-corrected chi connectivity index (χ1v) is 7.38. The van der Waals surface area contributed by atoms with Gasteiger partial charge in [-0.3, -0.25) is 9.59 Å². The van der Waals surface area contributed by atoms with Crippen molar-refractivity contribution in [2.24, 2.45) is 5.73 Å². The van der Waals surface area contributed by atoms with Gasteiger partial charge >= 0.3 is 5.97 Å². The van der Waals surface area contributed by atoms with Gasteiger partial charge in [-0.15, -0.1) is 0 Å². The van der Waals surface area contributed by atoms with E-state index < -0.39 is 28.0 Å². The van der Waals surface area contributed by atoms with E-state index in [0.717, 1.165) is 0 Å². The number of aliphatic carboxylic acids is 1. The van der Waals surface area contributed by atoms with Crippen LogP contribution in [-0.4, -0.2) is 45.2 Å². The molecule has 0 spiro atoms. The van der Waals surface area contributed by atoms with Crippen molar-refractivity contribution in [1.82, 2.24) is 4.72 Å². The van der Waals surface area contributed by atoms with Crippen molar-refractivity contribution in [3.05, 3.63) is 29.8 Å². The summed E-state index contributed by atoms with van der Waals surface area (Å²) in [6, 6.07) is 5.06. The lowest BCUT2D eigenvalue weighted by atomic mass is 10.2. The smallest absolute Gasteiger partial charge is 0.306 e. The Hall–Kier alpha value is -1.97. The molecule has 8 nitrogen and oxygen atoms in total. The standard InChI is InChI=1S/C12H16N2O6S/c1-20-9(6-11(15)16)7-14-21(18,19)10-4-2-8(3-5-10)12(13)17/h2-5,9,14H,6-7H2,1H3,(H2,13,17)(H,15,16). The number of amides is 1. The van der Waals surface area contributed by atoms with E-state index >= 15 is 0 Å². The first kappa shape index (κ1) is 17.1. The van der Waals surface area contributed by atoms with Crippen molar-refractivity contribution in [3.63, 3.8) is 0 Å². The zero-order chi connectivity index (χ0) is 16.0. The van der Waals surface area contributed by atoms with Crippen LogP contribution in [0.5, 0.6) is 0 Å². The van der Waals surface area contributed by atoms with Crippen LogP contribution < -0.4 is 10.5 Å². The van der Waals surface area contributed by atoms with Gasteiger partial charge in [0.2, 0.25) is 15.9 Å². The van der Waals surface area contributed by atoms with Gasteiger partial charge in [0.15, 0.2) is 0 Å². The Kier molecular flexibility index (Phi) is 5.82. The van der Waals surface area contributed by atoms with Crippen LogP contribution >= 0.6 is 0 Å². The Morgan fingerprint density at radius 3 is 2.33 bits per heavy atom. The molecule has 0 aliphatic heterocycles. The number of hydrogen-bond donors (Lipinski definition) is 3. The number of rotatable bonds is 8. The van der Waals surface area contributed by atoms with Crippen LogP contribution in [0.2, 0.25) is 0 Å². The fraction of sp³-hybridized carbons (Fsp3) is 0.333. The number of nitrogens with two attached hydrogens (primary N) is 1. The third-order valence-electron chi connectivity index (χ3n) is 2.69. The summed E-state index contributed by atoms with van der Waals surface area (Å²) in [5.41, 5.74) is 5.25. The first-order valence-electron chi connectivity index (χ1n) is 5.90. The molecule has 9 heteroatoms. The van der Waals surface area contributed by atoms with Gasteiger partial charge < -0.3 is 15.6 Å². The van der Waals surface area contributed by atoms with E-state index in [1.54, 1.807) is 0 Å². The summed E-state index contributed by atoms with van der Waals surface area (Å²) in [5.74, 6) is -1.75. The third-order valence-corrected chi connectivity index (χ3v) is 4.13. The summed E-state index contributed by atoms with van der Waals surface area (Å²) < 4.78 is 31.1.